The van der Waals surface area contributed by atoms with Crippen molar-refractivity contribution in [2.75, 3.05) is 24.8 Å². The van der Waals surface area contributed by atoms with E-state index < -0.39 is 0 Å². The van der Waals surface area contributed by atoms with Crippen LogP contribution in [-0.4, -0.2) is 23.7 Å². The van der Waals surface area contributed by atoms with Gasteiger partial charge in [-0.25, -0.2) is 9.97 Å². The zero-order valence-electron chi connectivity index (χ0n) is 11.6. The molecule has 0 aliphatic rings. The lowest BCUT2D eigenvalue weighted by molar-refractivity contribution is 0.317. The molecule has 0 aliphatic heterocycles. The van der Waals surface area contributed by atoms with E-state index in [1.807, 2.05) is 24.3 Å². The van der Waals surface area contributed by atoms with Crippen LogP contribution < -0.4 is 20.5 Å². The Morgan fingerprint density at radius 2 is 1.95 bits per heavy atom. The summed E-state index contributed by atoms with van der Waals surface area (Å²) in [7, 11) is 1.53. The lowest BCUT2D eigenvalue weighted by atomic mass is 10.3. The van der Waals surface area contributed by atoms with Gasteiger partial charge in [0.15, 0.2) is 11.6 Å². The van der Waals surface area contributed by atoms with E-state index in [4.69, 9.17) is 15.2 Å². The molecular formula is C14H18N4O2. The molecule has 0 spiro atoms. The van der Waals surface area contributed by atoms with Crippen molar-refractivity contribution in [3.05, 3.63) is 30.6 Å². The zero-order valence-corrected chi connectivity index (χ0v) is 11.6. The Labute approximate surface area is 118 Å². The first-order chi connectivity index (χ1) is 9.74. The number of anilines is 3. The van der Waals surface area contributed by atoms with Gasteiger partial charge < -0.3 is 20.5 Å². The van der Waals surface area contributed by atoms with Gasteiger partial charge in [-0.05, 0) is 30.7 Å². The molecule has 0 fully saturated rings. The van der Waals surface area contributed by atoms with Crippen molar-refractivity contribution in [3.63, 3.8) is 0 Å². The van der Waals surface area contributed by atoms with Crippen molar-refractivity contribution in [1.29, 1.82) is 0 Å². The van der Waals surface area contributed by atoms with Crippen molar-refractivity contribution in [3.8, 4) is 11.5 Å². The average Bonchev–Trinajstić information content (AvgIpc) is 2.47. The van der Waals surface area contributed by atoms with Crippen molar-refractivity contribution in [1.82, 2.24) is 9.97 Å². The molecule has 0 radical (unpaired) electrons. The molecule has 1 heterocycles. The van der Waals surface area contributed by atoms with Gasteiger partial charge in [-0.2, -0.15) is 0 Å². The van der Waals surface area contributed by atoms with Crippen LogP contribution in [0.4, 0.5) is 17.3 Å². The van der Waals surface area contributed by atoms with E-state index >= 15 is 0 Å². The van der Waals surface area contributed by atoms with Gasteiger partial charge in [0, 0.05) is 5.69 Å². The van der Waals surface area contributed by atoms with Crippen LogP contribution in [0.2, 0.25) is 0 Å². The standard InChI is InChI=1S/C14H18N4O2/c1-3-8-20-11-6-4-10(5-7-11)18-14-12(19-2)13(15)16-9-17-14/h4-7,9H,3,8H2,1-2H3,(H3,15,16,17,18). The van der Waals surface area contributed by atoms with Crippen LogP contribution in [0.5, 0.6) is 11.5 Å². The molecule has 6 heteroatoms. The Kier molecular flexibility index (Phi) is 4.60. The second kappa shape index (κ2) is 6.60. The van der Waals surface area contributed by atoms with Crippen molar-refractivity contribution in [2.24, 2.45) is 0 Å². The van der Waals surface area contributed by atoms with E-state index in [9.17, 15) is 0 Å². The number of nitrogens with two attached hydrogens (primary N) is 1. The Morgan fingerprint density at radius 3 is 2.60 bits per heavy atom. The third-order valence-corrected chi connectivity index (χ3v) is 2.63. The third kappa shape index (κ3) is 3.28. The summed E-state index contributed by atoms with van der Waals surface area (Å²) in [5, 5.41) is 3.14. The van der Waals surface area contributed by atoms with Gasteiger partial charge >= 0.3 is 0 Å². The molecule has 106 valence electrons. The second-order valence-corrected chi connectivity index (χ2v) is 4.14. The molecule has 6 nitrogen and oxygen atoms in total. The highest BCUT2D eigenvalue weighted by molar-refractivity contribution is 5.68. The normalized spacial score (nSPS) is 10.1. The largest absolute Gasteiger partial charge is 0.494 e. The smallest absolute Gasteiger partial charge is 0.204 e. The van der Waals surface area contributed by atoms with Crippen molar-refractivity contribution >= 4 is 17.3 Å². The molecule has 0 saturated carbocycles. The minimum Gasteiger partial charge on any atom is -0.494 e. The summed E-state index contributed by atoms with van der Waals surface area (Å²) < 4.78 is 10.7. The number of benzene rings is 1. The number of rotatable bonds is 6. The monoisotopic (exact) mass is 274 g/mol. The lowest BCUT2D eigenvalue weighted by Crippen LogP contribution is -2.02. The van der Waals surface area contributed by atoms with Gasteiger partial charge in [0.25, 0.3) is 0 Å². The van der Waals surface area contributed by atoms with Crippen molar-refractivity contribution in [2.45, 2.75) is 13.3 Å². The molecule has 2 rings (SSSR count). The van der Waals surface area contributed by atoms with Crippen LogP contribution in [-0.2, 0) is 0 Å². The molecule has 0 atom stereocenters. The van der Waals surface area contributed by atoms with E-state index in [-0.39, 0.29) is 0 Å². The molecule has 0 bridgehead atoms. The molecule has 1 aromatic carbocycles. The van der Waals surface area contributed by atoms with Crippen LogP contribution in [0.25, 0.3) is 0 Å². The van der Waals surface area contributed by atoms with Gasteiger partial charge in [0.2, 0.25) is 5.75 Å². The zero-order chi connectivity index (χ0) is 14.4. The maximum atomic E-state index is 5.73. The SMILES string of the molecule is CCCOc1ccc(Nc2ncnc(N)c2OC)cc1. The number of aromatic nitrogens is 2. The quantitative estimate of drug-likeness (QED) is 0.842. The summed E-state index contributed by atoms with van der Waals surface area (Å²) >= 11 is 0. The fraction of sp³-hybridized carbons (Fsp3) is 0.286. The number of methoxy groups -OCH3 is 1. The molecule has 0 saturated heterocycles. The minimum atomic E-state index is 0.299. The Balaban J connectivity index is 2.12. The van der Waals surface area contributed by atoms with Crippen LogP contribution in [0.1, 0.15) is 13.3 Å². The van der Waals surface area contributed by atoms with Gasteiger partial charge in [0.1, 0.15) is 12.1 Å². The van der Waals surface area contributed by atoms with Gasteiger partial charge in [-0.3, -0.25) is 0 Å². The highest BCUT2D eigenvalue weighted by Crippen LogP contribution is 2.29. The topological polar surface area (TPSA) is 82.3 Å². The summed E-state index contributed by atoms with van der Waals surface area (Å²) in [6.07, 6.45) is 2.37. The molecule has 2 aromatic rings. The maximum Gasteiger partial charge on any atom is 0.204 e. The van der Waals surface area contributed by atoms with E-state index in [0.717, 1.165) is 17.9 Å². The fourth-order valence-corrected chi connectivity index (χ4v) is 1.67. The van der Waals surface area contributed by atoms with E-state index in [0.29, 0.717) is 24.0 Å². The molecule has 0 aliphatic carbocycles. The summed E-state index contributed by atoms with van der Waals surface area (Å²) in [4.78, 5) is 8.00. The molecule has 0 unspecified atom stereocenters. The summed E-state index contributed by atoms with van der Waals surface area (Å²) in [6, 6.07) is 7.61. The van der Waals surface area contributed by atoms with Crippen LogP contribution in [0.15, 0.2) is 30.6 Å². The number of nitrogens with zero attached hydrogens (tertiary/aromatic N) is 2. The molecule has 3 N–H and O–H groups in total. The molecular weight excluding hydrogens is 256 g/mol. The van der Waals surface area contributed by atoms with Crippen LogP contribution in [0, 0.1) is 0 Å². The average molecular weight is 274 g/mol. The second-order valence-electron chi connectivity index (χ2n) is 4.14. The number of hydrogen-bond donors (Lipinski definition) is 2. The predicted molar refractivity (Wildman–Crippen MR) is 78.5 cm³/mol. The van der Waals surface area contributed by atoms with E-state index in [1.54, 1.807) is 0 Å². The van der Waals surface area contributed by atoms with Gasteiger partial charge in [0.05, 0.1) is 13.7 Å². The third-order valence-electron chi connectivity index (χ3n) is 2.63. The Morgan fingerprint density at radius 1 is 1.20 bits per heavy atom. The Bertz CT molecular complexity index is 558. The highest BCUT2D eigenvalue weighted by atomic mass is 16.5. The Hall–Kier alpha value is -2.50. The lowest BCUT2D eigenvalue weighted by Gasteiger charge is -2.11. The minimum absolute atomic E-state index is 0.299. The number of hydrogen-bond acceptors (Lipinski definition) is 6. The maximum absolute atomic E-state index is 5.73. The van der Waals surface area contributed by atoms with Crippen LogP contribution in [0.3, 0.4) is 0 Å². The predicted octanol–water partition coefficient (Wildman–Crippen LogP) is 2.60. The van der Waals surface area contributed by atoms with Gasteiger partial charge in [-0.15, -0.1) is 0 Å². The van der Waals surface area contributed by atoms with E-state index in [2.05, 4.69) is 22.2 Å². The fourth-order valence-electron chi connectivity index (χ4n) is 1.67. The van der Waals surface area contributed by atoms with Crippen molar-refractivity contribution < 1.29 is 9.47 Å². The molecule has 0 amide bonds. The molecule has 1 aromatic heterocycles. The number of nitrogen functional groups attached to an aromatic ring is 1. The van der Waals surface area contributed by atoms with E-state index in [1.165, 1.54) is 13.4 Å². The number of ether oxygens (including phenoxy) is 2. The highest BCUT2D eigenvalue weighted by Gasteiger charge is 2.09. The summed E-state index contributed by atoms with van der Waals surface area (Å²) in [6.45, 7) is 2.78. The van der Waals surface area contributed by atoms with Crippen LogP contribution >= 0.6 is 0 Å². The van der Waals surface area contributed by atoms with Gasteiger partial charge in [-0.1, -0.05) is 6.92 Å². The first-order valence-corrected chi connectivity index (χ1v) is 6.39. The summed E-state index contributed by atoms with van der Waals surface area (Å²) in [5.74, 6) is 2.10. The first kappa shape index (κ1) is 13.9. The summed E-state index contributed by atoms with van der Waals surface area (Å²) in [5.41, 5.74) is 6.59. The number of nitrogens with one attached hydrogen (secondary N) is 1. The first-order valence-electron chi connectivity index (χ1n) is 6.39. The molecule has 20 heavy (non-hydrogen) atoms.